The zero-order chi connectivity index (χ0) is 22.2. The van der Waals surface area contributed by atoms with Gasteiger partial charge in [-0.1, -0.05) is 18.7 Å². The third kappa shape index (κ3) is 5.76. The van der Waals surface area contributed by atoms with Crippen LogP contribution >= 0.6 is 0 Å². The minimum atomic E-state index is -0.573. The van der Waals surface area contributed by atoms with Crippen LogP contribution in [0.3, 0.4) is 0 Å². The van der Waals surface area contributed by atoms with Crippen LogP contribution in [0.1, 0.15) is 28.8 Å². The smallest absolute Gasteiger partial charge is 0.254 e. The van der Waals surface area contributed by atoms with E-state index < -0.39 is 5.82 Å². The number of hydrogen-bond donors (Lipinski definition) is 0. The van der Waals surface area contributed by atoms with E-state index >= 15 is 0 Å². The number of methoxy groups -OCH3 is 2. The summed E-state index contributed by atoms with van der Waals surface area (Å²) in [6.07, 6.45) is 3.47. The summed E-state index contributed by atoms with van der Waals surface area (Å²) in [5.74, 6) is 0.417. The summed E-state index contributed by atoms with van der Waals surface area (Å²) >= 11 is 0. The fourth-order valence-electron chi connectivity index (χ4n) is 3.53. The van der Waals surface area contributed by atoms with Crippen LogP contribution < -0.4 is 14.2 Å². The van der Waals surface area contributed by atoms with Crippen molar-refractivity contribution in [2.45, 2.75) is 25.5 Å². The van der Waals surface area contributed by atoms with Gasteiger partial charge in [-0.25, -0.2) is 4.39 Å². The molecule has 1 saturated heterocycles. The van der Waals surface area contributed by atoms with E-state index in [1.54, 1.807) is 30.2 Å². The third-order valence-corrected chi connectivity index (χ3v) is 5.09. The lowest BCUT2D eigenvalue weighted by Crippen LogP contribution is -2.37. The van der Waals surface area contributed by atoms with Crippen LogP contribution in [0.4, 0.5) is 4.39 Å². The first-order chi connectivity index (χ1) is 15.0. The molecule has 1 amide bonds. The zero-order valence-corrected chi connectivity index (χ0v) is 17.9. The van der Waals surface area contributed by atoms with Crippen molar-refractivity contribution in [1.29, 1.82) is 0 Å². The van der Waals surface area contributed by atoms with Gasteiger partial charge in [0.2, 0.25) is 0 Å². The van der Waals surface area contributed by atoms with Crippen molar-refractivity contribution in [3.8, 4) is 17.2 Å². The Hall–Kier alpha value is -3.06. The van der Waals surface area contributed by atoms with Gasteiger partial charge in [-0.15, -0.1) is 0 Å². The van der Waals surface area contributed by atoms with E-state index in [1.807, 2.05) is 12.1 Å². The number of nitrogens with zero attached hydrogens (tertiary/aromatic N) is 1. The summed E-state index contributed by atoms with van der Waals surface area (Å²) in [7, 11) is 2.95. The molecule has 1 atom stereocenters. The van der Waals surface area contributed by atoms with E-state index in [1.165, 1.54) is 19.2 Å². The Labute approximate surface area is 182 Å². The van der Waals surface area contributed by atoms with E-state index in [9.17, 15) is 9.18 Å². The van der Waals surface area contributed by atoms with Crippen LogP contribution in [0, 0.1) is 5.82 Å². The second-order valence-electron chi connectivity index (χ2n) is 7.25. The minimum Gasteiger partial charge on any atom is -0.494 e. The molecule has 0 spiro atoms. The fraction of sp³-hybridized carbons (Fsp3) is 0.375. The number of benzene rings is 2. The highest BCUT2D eigenvalue weighted by Crippen LogP contribution is 2.29. The lowest BCUT2D eigenvalue weighted by Gasteiger charge is -2.26. The Morgan fingerprint density at radius 1 is 1.19 bits per heavy atom. The van der Waals surface area contributed by atoms with Gasteiger partial charge in [-0.3, -0.25) is 4.79 Å². The highest BCUT2D eigenvalue weighted by Gasteiger charge is 2.25. The molecule has 166 valence electrons. The molecule has 2 aromatic carbocycles. The zero-order valence-electron chi connectivity index (χ0n) is 17.9. The molecule has 0 bridgehead atoms. The average molecular weight is 429 g/mol. The topological polar surface area (TPSA) is 57.2 Å². The Morgan fingerprint density at radius 2 is 1.97 bits per heavy atom. The maximum atomic E-state index is 14.2. The average Bonchev–Trinajstić information content (AvgIpc) is 3.30. The van der Waals surface area contributed by atoms with Gasteiger partial charge in [-0.05, 0) is 48.7 Å². The van der Waals surface area contributed by atoms with E-state index in [-0.39, 0.29) is 23.3 Å². The molecule has 1 unspecified atom stereocenters. The van der Waals surface area contributed by atoms with Gasteiger partial charge in [-0.2, -0.15) is 0 Å². The quantitative estimate of drug-likeness (QED) is 0.529. The molecule has 7 heteroatoms. The normalized spacial score (nSPS) is 15.4. The third-order valence-electron chi connectivity index (χ3n) is 5.09. The molecular weight excluding hydrogens is 401 g/mol. The standard InChI is InChI=1S/C24H28FNO5/c1-4-11-31-22-9-7-17(13-23(22)29-3)15-26(16-19-6-5-12-30-19)24(27)18-8-10-21(28-2)20(25)14-18/h4,7-10,13-14,19H,1,5-6,11-12,15-16H2,2-3H3. The van der Waals surface area contributed by atoms with Crippen molar-refractivity contribution in [3.63, 3.8) is 0 Å². The molecule has 0 radical (unpaired) electrons. The summed E-state index contributed by atoms with van der Waals surface area (Å²) < 4.78 is 35.9. The molecule has 1 fully saturated rings. The van der Waals surface area contributed by atoms with Gasteiger partial charge in [0.25, 0.3) is 5.91 Å². The second-order valence-corrected chi connectivity index (χ2v) is 7.25. The summed E-state index contributed by atoms with van der Waals surface area (Å²) in [6, 6.07) is 9.76. The van der Waals surface area contributed by atoms with Gasteiger partial charge >= 0.3 is 0 Å². The van der Waals surface area contributed by atoms with Crippen molar-refractivity contribution < 1.29 is 28.1 Å². The second kappa shape index (κ2) is 10.8. The molecular formula is C24H28FNO5. The molecule has 0 aliphatic carbocycles. The lowest BCUT2D eigenvalue weighted by molar-refractivity contribution is 0.0506. The molecule has 1 aliphatic rings. The number of halogens is 1. The van der Waals surface area contributed by atoms with Crippen LogP contribution in [0.5, 0.6) is 17.2 Å². The summed E-state index contributed by atoms with van der Waals surface area (Å²) in [5, 5.41) is 0. The summed E-state index contributed by atoms with van der Waals surface area (Å²) in [6.45, 7) is 5.44. The number of carbonyl (C=O) groups excluding carboxylic acids is 1. The summed E-state index contributed by atoms with van der Waals surface area (Å²) in [4.78, 5) is 14.9. The number of amides is 1. The largest absolute Gasteiger partial charge is 0.494 e. The molecule has 6 nitrogen and oxygen atoms in total. The molecule has 2 aromatic rings. The molecule has 1 heterocycles. The van der Waals surface area contributed by atoms with Gasteiger partial charge in [0.05, 0.1) is 20.3 Å². The van der Waals surface area contributed by atoms with E-state index in [2.05, 4.69) is 6.58 Å². The summed E-state index contributed by atoms with van der Waals surface area (Å²) in [5.41, 5.74) is 1.12. The van der Waals surface area contributed by atoms with Gasteiger partial charge < -0.3 is 23.8 Å². The molecule has 3 rings (SSSR count). The number of hydrogen-bond acceptors (Lipinski definition) is 5. The Morgan fingerprint density at radius 3 is 2.61 bits per heavy atom. The van der Waals surface area contributed by atoms with Crippen LogP contribution in [0.25, 0.3) is 0 Å². The monoisotopic (exact) mass is 429 g/mol. The van der Waals surface area contributed by atoms with Gasteiger partial charge in [0, 0.05) is 25.3 Å². The van der Waals surface area contributed by atoms with Gasteiger partial charge in [0.1, 0.15) is 6.61 Å². The van der Waals surface area contributed by atoms with Crippen molar-refractivity contribution in [3.05, 3.63) is 66.0 Å². The number of ether oxygens (including phenoxy) is 4. The minimum absolute atomic E-state index is 0.0378. The van der Waals surface area contributed by atoms with Crippen LogP contribution in [-0.2, 0) is 11.3 Å². The predicted molar refractivity (Wildman–Crippen MR) is 115 cm³/mol. The Balaban J connectivity index is 1.84. The Kier molecular flexibility index (Phi) is 7.89. The van der Waals surface area contributed by atoms with Crippen LogP contribution in [0.2, 0.25) is 0 Å². The molecule has 1 aliphatic heterocycles. The molecule has 0 saturated carbocycles. The lowest BCUT2D eigenvalue weighted by atomic mass is 10.1. The highest BCUT2D eigenvalue weighted by molar-refractivity contribution is 5.94. The highest BCUT2D eigenvalue weighted by atomic mass is 19.1. The fourth-order valence-corrected chi connectivity index (χ4v) is 3.53. The predicted octanol–water partition coefficient (Wildman–Crippen LogP) is 4.23. The van der Waals surface area contributed by atoms with Crippen molar-refractivity contribution in [2.75, 3.05) is 34.0 Å². The molecule has 31 heavy (non-hydrogen) atoms. The van der Waals surface area contributed by atoms with Crippen molar-refractivity contribution in [2.24, 2.45) is 0 Å². The van der Waals surface area contributed by atoms with Crippen molar-refractivity contribution in [1.82, 2.24) is 4.90 Å². The van der Waals surface area contributed by atoms with Crippen molar-refractivity contribution >= 4 is 5.91 Å². The molecule has 0 aromatic heterocycles. The van der Waals surface area contributed by atoms with Crippen LogP contribution in [0.15, 0.2) is 49.1 Å². The number of carbonyl (C=O) groups is 1. The van der Waals surface area contributed by atoms with E-state index in [0.717, 1.165) is 18.4 Å². The van der Waals surface area contributed by atoms with E-state index in [4.69, 9.17) is 18.9 Å². The van der Waals surface area contributed by atoms with Crippen LogP contribution in [-0.4, -0.2) is 50.9 Å². The first kappa shape index (κ1) is 22.6. The first-order valence-electron chi connectivity index (χ1n) is 10.2. The number of rotatable bonds is 10. The Bertz CT molecular complexity index is 911. The van der Waals surface area contributed by atoms with E-state index in [0.29, 0.717) is 37.8 Å². The maximum absolute atomic E-state index is 14.2. The van der Waals surface area contributed by atoms with Gasteiger partial charge in [0.15, 0.2) is 23.1 Å². The first-order valence-corrected chi connectivity index (χ1v) is 10.2. The SMILES string of the molecule is C=CCOc1ccc(CN(CC2CCCO2)C(=O)c2ccc(OC)c(F)c2)cc1OC. The molecule has 0 N–H and O–H groups in total. The maximum Gasteiger partial charge on any atom is 0.254 e.